The molecule has 0 aromatic heterocycles. The number of fused-ring (bicyclic) bond motifs is 1. The molecule has 1 saturated carbocycles. The summed E-state index contributed by atoms with van der Waals surface area (Å²) >= 11 is 0. The van der Waals surface area contributed by atoms with E-state index in [0.29, 0.717) is 23.0 Å². The molecule has 0 saturated heterocycles. The highest BCUT2D eigenvalue weighted by molar-refractivity contribution is 5.96. The van der Waals surface area contributed by atoms with E-state index >= 15 is 0 Å². The number of hydrazone groups is 1. The van der Waals surface area contributed by atoms with Gasteiger partial charge in [0.05, 0.1) is 0 Å². The van der Waals surface area contributed by atoms with Crippen LogP contribution in [0.5, 0.6) is 0 Å². The molecule has 126 valence electrons. The third kappa shape index (κ3) is 2.68. The second-order valence-electron chi connectivity index (χ2n) is 6.62. The molecule has 0 bridgehead atoms. The average Bonchev–Trinajstić information content (AvgIpc) is 3.03. The first-order valence-corrected chi connectivity index (χ1v) is 8.56. The van der Waals surface area contributed by atoms with E-state index in [2.05, 4.69) is 22.7 Å². The largest absolute Gasteiger partial charge is 0.372 e. The summed E-state index contributed by atoms with van der Waals surface area (Å²) in [4.78, 5) is 12.9. The molecule has 1 fully saturated rings. The van der Waals surface area contributed by atoms with Gasteiger partial charge < -0.3 is 5.11 Å². The molecule has 2 N–H and O–H groups in total. The van der Waals surface area contributed by atoms with Gasteiger partial charge in [-0.1, -0.05) is 72.8 Å². The molecule has 0 spiro atoms. The van der Waals surface area contributed by atoms with Crippen molar-refractivity contribution in [2.24, 2.45) is 16.9 Å². The summed E-state index contributed by atoms with van der Waals surface area (Å²) in [5.41, 5.74) is 2.88. The number of benzene rings is 2. The molecular formula is C21H20N2O2. The molecule has 4 heteroatoms. The Labute approximate surface area is 146 Å². The summed E-state index contributed by atoms with van der Waals surface area (Å²) < 4.78 is 0. The molecule has 2 aromatic carbocycles. The van der Waals surface area contributed by atoms with Gasteiger partial charge in [-0.15, -0.1) is 0 Å². The summed E-state index contributed by atoms with van der Waals surface area (Å²) in [5, 5.41) is 15.6. The van der Waals surface area contributed by atoms with E-state index in [1.54, 1.807) is 24.3 Å². The third-order valence-corrected chi connectivity index (χ3v) is 5.18. The summed E-state index contributed by atoms with van der Waals surface area (Å²) in [7, 11) is 0. The van der Waals surface area contributed by atoms with Crippen LogP contribution in [-0.4, -0.2) is 16.7 Å². The van der Waals surface area contributed by atoms with Crippen molar-refractivity contribution in [1.29, 1.82) is 0 Å². The van der Waals surface area contributed by atoms with Crippen LogP contribution in [0, 0.1) is 11.8 Å². The Kier molecular flexibility index (Phi) is 3.98. The van der Waals surface area contributed by atoms with Gasteiger partial charge in [0.2, 0.25) is 0 Å². The van der Waals surface area contributed by atoms with Crippen molar-refractivity contribution in [2.75, 3.05) is 0 Å². The van der Waals surface area contributed by atoms with Crippen LogP contribution in [0.25, 0.3) is 0 Å². The van der Waals surface area contributed by atoms with Crippen molar-refractivity contribution in [3.63, 3.8) is 0 Å². The predicted molar refractivity (Wildman–Crippen MR) is 96.8 cm³/mol. The fraction of sp³-hybridized carbons (Fsp3) is 0.238. The number of hydrogen-bond donors (Lipinski definition) is 2. The van der Waals surface area contributed by atoms with Crippen molar-refractivity contribution in [2.45, 2.75) is 18.4 Å². The number of hydrogen-bond acceptors (Lipinski definition) is 3. The highest BCUT2D eigenvalue weighted by Gasteiger charge is 2.41. The topological polar surface area (TPSA) is 61.7 Å². The van der Waals surface area contributed by atoms with Gasteiger partial charge in [-0.25, -0.2) is 5.43 Å². The molecule has 0 aliphatic heterocycles. The minimum atomic E-state index is -1.77. The van der Waals surface area contributed by atoms with Gasteiger partial charge in [-0.05, 0) is 29.9 Å². The van der Waals surface area contributed by atoms with Gasteiger partial charge in [-0.3, -0.25) is 4.79 Å². The highest BCUT2D eigenvalue weighted by Crippen LogP contribution is 2.40. The zero-order chi connectivity index (χ0) is 17.3. The number of rotatable bonds is 4. The van der Waals surface area contributed by atoms with Gasteiger partial charge in [0.15, 0.2) is 5.60 Å². The lowest BCUT2D eigenvalue weighted by Gasteiger charge is -2.32. The Bertz CT molecular complexity index is 788. The van der Waals surface area contributed by atoms with E-state index in [1.165, 1.54) is 0 Å². The number of nitrogens with one attached hydrogen (secondary N) is 1. The Morgan fingerprint density at radius 3 is 2.20 bits per heavy atom. The van der Waals surface area contributed by atoms with E-state index in [0.717, 1.165) is 18.6 Å². The lowest BCUT2D eigenvalue weighted by Crippen LogP contribution is -2.45. The van der Waals surface area contributed by atoms with Crippen molar-refractivity contribution >= 4 is 11.6 Å². The second-order valence-corrected chi connectivity index (χ2v) is 6.62. The van der Waals surface area contributed by atoms with Crippen LogP contribution in [-0.2, 0) is 10.4 Å². The van der Waals surface area contributed by atoms with Gasteiger partial charge in [0, 0.05) is 11.6 Å². The monoisotopic (exact) mass is 332 g/mol. The molecule has 4 rings (SSSR count). The third-order valence-electron chi connectivity index (χ3n) is 5.18. The van der Waals surface area contributed by atoms with Crippen molar-refractivity contribution in [3.8, 4) is 0 Å². The molecule has 2 aromatic rings. The molecule has 4 nitrogen and oxygen atoms in total. The van der Waals surface area contributed by atoms with Crippen LogP contribution in [0.3, 0.4) is 0 Å². The lowest BCUT2D eigenvalue weighted by atomic mass is 9.74. The lowest BCUT2D eigenvalue weighted by molar-refractivity contribution is -0.136. The minimum absolute atomic E-state index is 0.418. The molecule has 0 radical (unpaired) electrons. The van der Waals surface area contributed by atoms with E-state index < -0.39 is 11.5 Å². The fourth-order valence-corrected chi connectivity index (χ4v) is 3.65. The summed E-state index contributed by atoms with van der Waals surface area (Å²) in [6, 6.07) is 17.9. The van der Waals surface area contributed by atoms with E-state index in [1.807, 2.05) is 36.4 Å². The Hall–Kier alpha value is -2.72. The van der Waals surface area contributed by atoms with Crippen LogP contribution < -0.4 is 5.43 Å². The first-order valence-electron chi connectivity index (χ1n) is 8.56. The van der Waals surface area contributed by atoms with Crippen LogP contribution in [0.15, 0.2) is 77.9 Å². The van der Waals surface area contributed by atoms with Crippen LogP contribution in [0.1, 0.15) is 24.0 Å². The van der Waals surface area contributed by atoms with Gasteiger partial charge in [0.25, 0.3) is 5.91 Å². The molecule has 1 amide bonds. The number of carbonyl (C=O) groups excluding carboxylic acids is 1. The maximum atomic E-state index is 12.9. The van der Waals surface area contributed by atoms with Gasteiger partial charge in [-0.2, -0.15) is 5.10 Å². The molecule has 2 atom stereocenters. The number of nitrogens with zero attached hydrogens (tertiary/aromatic N) is 1. The minimum Gasteiger partial charge on any atom is -0.372 e. The first-order chi connectivity index (χ1) is 12.2. The number of aliphatic hydroxyl groups is 1. The van der Waals surface area contributed by atoms with Crippen molar-refractivity contribution in [3.05, 3.63) is 83.9 Å². The van der Waals surface area contributed by atoms with E-state index in [4.69, 9.17) is 0 Å². The summed E-state index contributed by atoms with van der Waals surface area (Å²) in [6.45, 7) is 0. The predicted octanol–water partition coefficient (Wildman–Crippen LogP) is 2.99. The maximum Gasteiger partial charge on any atom is 0.281 e. The van der Waals surface area contributed by atoms with Crippen molar-refractivity contribution in [1.82, 2.24) is 5.43 Å². The molecular weight excluding hydrogens is 312 g/mol. The summed E-state index contributed by atoms with van der Waals surface area (Å²) in [5.74, 6) is 0.450. The summed E-state index contributed by atoms with van der Waals surface area (Å²) in [6.07, 6.45) is 6.26. The SMILES string of the molecule is O=C(N/N=C1\C[C@@H]2C=CC[C@@H]12)C(O)(c1ccccc1)c1ccccc1. The average molecular weight is 332 g/mol. The quantitative estimate of drug-likeness (QED) is 0.668. The van der Waals surface area contributed by atoms with Crippen LogP contribution in [0.4, 0.5) is 0 Å². The van der Waals surface area contributed by atoms with Gasteiger partial charge in [0.1, 0.15) is 0 Å². The molecule has 25 heavy (non-hydrogen) atoms. The molecule has 0 heterocycles. The first kappa shape index (κ1) is 15.8. The van der Waals surface area contributed by atoms with Crippen LogP contribution >= 0.6 is 0 Å². The Morgan fingerprint density at radius 1 is 1.04 bits per heavy atom. The molecule has 2 aliphatic rings. The maximum absolute atomic E-state index is 12.9. The zero-order valence-corrected chi connectivity index (χ0v) is 13.8. The highest BCUT2D eigenvalue weighted by atomic mass is 16.3. The normalized spacial score (nSPS) is 23.2. The second kappa shape index (κ2) is 6.30. The Morgan fingerprint density at radius 2 is 1.64 bits per heavy atom. The smallest absolute Gasteiger partial charge is 0.281 e. The molecule has 2 aliphatic carbocycles. The zero-order valence-electron chi connectivity index (χ0n) is 13.8. The number of amides is 1. The van der Waals surface area contributed by atoms with Gasteiger partial charge >= 0.3 is 0 Å². The van der Waals surface area contributed by atoms with Crippen LogP contribution in [0.2, 0.25) is 0 Å². The van der Waals surface area contributed by atoms with E-state index in [-0.39, 0.29) is 0 Å². The fourth-order valence-electron chi connectivity index (χ4n) is 3.65. The van der Waals surface area contributed by atoms with E-state index in [9.17, 15) is 9.90 Å². The number of carbonyl (C=O) groups is 1. The number of allylic oxidation sites excluding steroid dienone is 2. The Balaban J connectivity index is 1.62. The molecule has 0 unspecified atom stereocenters. The van der Waals surface area contributed by atoms with Crippen molar-refractivity contribution < 1.29 is 9.90 Å². The standard InChI is InChI=1S/C21H20N2O2/c24-20(23-22-19-14-15-8-7-13-18(15)19)21(25,16-9-3-1-4-10-16)17-11-5-2-6-12-17/h1-12,15,18,25H,13-14H2,(H,23,24)/b22-19+/t15-,18+/m0/s1.